The number of nitrogens with zero attached hydrogens (tertiary/aromatic N) is 2. The van der Waals surface area contributed by atoms with Gasteiger partial charge in [0.05, 0.1) is 18.1 Å². The van der Waals surface area contributed by atoms with Crippen molar-refractivity contribution in [3.8, 4) is 0 Å². The standard InChI is InChI=1S/C23H36N4O4S/c1-5-17(6-2)19(27-11-13-31-14-12-27)15-24-23(28)21(16(3)4)25-22-18-9-7-8-10-20(18)32(29,30)26-22/h7-10,16-17,19,21H,5-6,11-15H2,1-4H3,(H,24,28)(H,25,26)/t19?,21-/m0/s1. The topological polar surface area (TPSA) is 100 Å². The maximum absolute atomic E-state index is 13.2. The van der Waals surface area contributed by atoms with Crippen molar-refractivity contribution in [3.63, 3.8) is 0 Å². The van der Waals surface area contributed by atoms with Crippen molar-refractivity contribution < 1.29 is 17.9 Å². The molecule has 32 heavy (non-hydrogen) atoms. The van der Waals surface area contributed by atoms with E-state index < -0.39 is 16.1 Å². The number of nitrogens with one attached hydrogen (secondary N) is 2. The van der Waals surface area contributed by atoms with Gasteiger partial charge in [0.15, 0.2) is 0 Å². The highest BCUT2D eigenvalue weighted by Gasteiger charge is 2.33. The summed E-state index contributed by atoms with van der Waals surface area (Å²) in [4.78, 5) is 20.4. The van der Waals surface area contributed by atoms with Crippen LogP contribution in [0.2, 0.25) is 0 Å². The van der Waals surface area contributed by atoms with Crippen LogP contribution in [0.15, 0.2) is 34.2 Å². The van der Waals surface area contributed by atoms with Crippen molar-refractivity contribution in [2.75, 3.05) is 32.8 Å². The van der Waals surface area contributed by atoms with Crippen molar-refractivity contribution in [3.05, 3.63) is 29.8 Å². The van der Waals surface area contributed by atoms with E-state index in [1.165, 1.54) is 0 Å². The molecular formula is C23H36N4O4S. The normalized spacial score (nSPS) is 21.4. The molecule has 1 unspecified atom stereocenters. The van der Waals surface area contributed by atoms with Gasteiger partial charge in [-0.25, -0.2) is 8.42 Å². The molecular weight excluding hydrogens is 428 g/mol. The molecule has 2 N–H and O–H groups in total. The van der Waals surface area contributed by atoms with Gasteiger partial charge in [-0.05, 0) is 24.0 Å². The summed E-state index contributed by atoms with van der Waals surface area (Å²) < 4.78 is 32.8. The summed E-state index contributed by atoms with van der Waals surface area (Å²) in [7, 11) is -3.64. The van der Waals surface area contributed by atoms with E-state index in [2.05, 4.69) is 33.8 Å². The molecule has 0 bridgehead atoms. The minimum Gasteiger partial charge on any atom is -0.379 e. The van der Waals surface area contributed by atoms with Crippen LogP contribution in [-0.2, 0) is 19.6 Å². The molecule has 0 aliphatic carbocycles. The van der Waals surface area contributed by atoms with Gasteiger partial charge in [0.1, 0.15) is 11.9 Å². The summed E-state index contributed by atoms with van der Waals surface area (Å²) in [5.74, 6) is 0.444. The van der Waals surface area contributed by atoms with Crippen LogP contribution in [0, 0.1) is 11.8 Å². The Bertz CT molecular complexity index is 922. The number of carbonyl (C=O) groups is 1. The highest BCUT2D eigenvalue weighted by Crippen LogP contribution is 2.24. The first-order valence-corrected chi connectivity index (χ1v) is 13.1. The fourth-order valence-corrected chi connectivity index (χ4v) is 5.76. The predicted molar refractivity (Wildman–Crippen MR) is 125 cm³/mol. The zero-order chi connectivity index (χ0) is 23.3. The van der Waals surface area contributed by atoms with Gasteiger partial charge in [0, 0.05) is 31.2 Å². The van der Waals surface area contributed by atoms with Crippen molar-refractivity contribution in [2.45, 2.75) is 57.5 Å². The molecule has 1 aromatic carbocycles. The van der Waals surface area contributed by atoms with E-state index >= 15 is 0 Å². The number of amides is 1. The van der Waals surface area contributed by atoms with E-state index in [4.69, 9.17) is 4.74 Å². The van der Waals surface area contributed by atoms with Gasteiger partial charge in [0.2, 0.25) is 5.91 Å². The van der Waals surface area contributed by atoms with Crippen LogP contribution in [0.1, 0.15) is 46.1 Å². The zero-order valence-electron chi connectivity index (χ0n) is 19.5. The van der Waals surface area contributed by atoms with E-state index in [9.17, 15) is 13.2 Å². The molecule has 1 saturated heterocycles. The molecule has 1 amide bonds. The van der Waals surface area contributed by atoms with Crippen LogP contribution in [0.5, 0.6) is 0 Å². The third kappa shape index (κ3) is 5.50. The molecule has 2 atom stereocenters. The van der Waals surface area contributed by atoms with Gasteiger partial charge < -0.3 is 10.1 Å². The van der Waals surface area contributed by atoms with Crippen molar-refractivity contribution in [1.29, 1.82) is 0 Å². The molecule has 1 aromatic rings. The molecule has 2 aliphatic heterocycles. The number of carbonyl (C=O) groups excluding carboxylic acids is 1. The molecule has 0 aromatic heterocycles. The number of rotatable bonds is 9. The third-order valence-corrected chi connectivity index (χ3v) is 7.82. The number of hydrogen-bond acceptors (Lipinski definition) is 6. The fraction of sp³-hybridized carbons (Fsp3) is 0.652. The molecule has 0 spiro atoms. The second kappa shape index (κ2) is 10.8. The quantitative estimate of drug-likeness (QED) is 0.582. The molecule has 178 valence electrons. The molecule has 2 aliphatic rings. The smallest absolute Gasteiger partial charge is 0.263 e. The lowest BCUT2D eigenvalue weighted by Gasteiger charge is -2.39. The first kappa shape index (κ1) is 24.7. The molecule has 2 heterocycles. The lowest BCUT2D eigenvalue weighted by molar-refractivity contribution is -0.123. The number of amidine groups is 1. The zero-order valence-corrected chi connectivity index (χ0v) is 20.3. The minimum absolute atomic E-state index is 0.0882. The molecule has 9 heteroatoms. The van der Waals surface area contributed by atoms with Crippen LogP contribution in [0.4, 0.5) is 0 Å². The second-order valence-electron chi connectivity index (χ2n) is 8.81. The van der Waals surface area contributed by atoms with Crippen LogP contribution in [-0.4, -0.2) is 70.0 Å². The second-order valence-corrected chi connectivity index (χ2v) is 10.5. The number of morpholine rings is 1. The van der Waals surface area contributed by atoms with E-state index in [0.29, 0.717) is 31.2 Å². The van der Waals surface area contributed by atoms with E-state index in [-0.39, 0.29) is 28.6 Å². The summed E-state index contributed by atoms with van der Waals surface area (Å²) in [6.07, 6.45) is 2.09. The Morgan fingerprint density at radius 1 is 1.19 bits per heavy atom. The lowest BCUT2D eigenvalue weighted by Crippen LogP contribution is -2.53. The highest BCUT2D eigenvalue weighted by atomic mass is 32.2. The summed E-state index contributed by atoms with van der Waals surface area (Å²) in [6.45, 7) is 11.9. The largest absolute Gasteiger partial charge is 0.379 e. The Balaban J connectivity index is 1.77. The van der Waals surface area contributed by atoms with Gasteiger partial charge in [0.25, 0.3) is 10.0 Å². The van der Waals surface area contributed by atoms with Crippen LogP contribution < -0.4 is 10.0 Å². The highest BCUT2D eigenvalue weighted by molar-refractivity contribution is 7.90. The van der Waals surface area contributed by atoms with E-state index in [1.807, 2.05) is 13.8 Å². The third-order valence-electron chi connectivity index (χ3n) is 6.42. The monoisotopic (exact) mass is 464 g/mol. The Morgan fingerprint density at radius 3 is 2.47 bits per heavy atom. The number of fused-ring (bicyclic) bond motifs is 1. The van der Waals surface area contributed by atoms with Crippen molar-refractivity contribution in [1.82, 2.24) is 14.9 Å². The Kier molecular flexibility index (Phi) is 8.30. The number of benzene rings is 1. The van der Waals surface area contributed by atoms with E-state index in [1.54, 1.807) is 24.3 Å². The predicted octanol–water partition coefficient (Wildman–Crippen LogP) is 2.00. The average Bonchev–Trinajstić information content (AvgIpc) is 3.05. The van der Waals surface area contributed by atoms with Gasteiger partial charge in [-0.2, -0.15) is 0 Å². The van der Waals surface area contributed by atoms with Gasteiger partial charge in [-0.3, -0.25) is 19.4 Å². The average molecular weight is 465 g/mol. The number of sulfonamides is 1. The van der Waals surface area contributed by atoms with Gasteiger partial charge in [-0.15, -0.1) is 0 Å². The number of aliphatic imine (C=N–C) groups is 1. The first-order valence-electron chi connectivity index (χ1n) is 11.6. The van der Waals surface area contributed by atoms with Crippen LogP contribution in [0.3, 0.4) is 0 Å². The number of hydrogen-bond donors (Lipinski definition) is 2. The molecule has 8 nitrogen and oxygen atoms in total. The summed E-state index contributed by atoms with van der Waals surface area (Å²) in [6, 6.07) is 6.26. The summed E-state index contributed by atoms with van der Waals surface area (Å²) >= 11 is 0. The van der Waals surface area contributed by atoms with Crippen LogP contribution in [0.25, 0.3) is 0 Å². The number of ether oxygens (including phenoxy) is 1. The van der Waals surface area contributed by atoms with E-state index in [0.717, 1.165) is 25.9 Å². The Labute approximate surface area is 191 Å². The molecule has 1 fully saturated rings. The van der Waals surface area contributed by atoms with Gasteiger partial charge >= 0.3 is 0 Å². The molecule has 0 saturated carbocycles. The molecule has 3 rings (SSSR count). The summed E-state index contributed by atoms with van der Waals surface area (Å²) in [5, 5.41) is 3.12. The Hall–Kier alpha value is -1.97. The Morgan fingerprint density at radius 2 is 1.84 bits per heavy atom. The lowest BCUT2D eigenvalue weighted by atomic mass is 9.92. The first-order chi connectivity index (χ1) is 15.3. The maximum Gasteiger partial charge on any atom is 0.263 e. The van der Waals surface area contributed by atoms with Crippen molar-refractivity contribution in [2.24, 2.45) is 16.8 Å². The minimum atomic E-state index is -3.64. The molecule has 0 radical (unpaired) electrons. The fourth-order valence-electron chi connectivity index (χ4n) is 4.52. The van der Waals surface area contributed by atoms with Gasteiger partial charge in [-0.1, -0.05) is 52.7 Å². The maximum atomic E-state index is 13.2. The van der Waals surface area contributed by atoms with Crippen LogP contribution >= 0.6 is 0 Å². The van der Waals surface area contributed by atoms with Crippen molar-refractivity contribution >= 4 is 21.8 Å². The SMILES string of the molecule is CCC(CC)C(CNC(=O)[C@@H](N=C1NS(=O)(=O)c2ccccc21)C(C)C)N1CCOCC1. The summed E-state index contributed by atoms with van der Waals surface area (Å²) in [5.41, 5.74) is 0.508.